The number of carbonyl (C=O) groups is 1. The molecule has 1 aliphatic heterocycles. The Hall–Kier alpha value is -1.62. The summed E-state index contributed by atoms with van der Waals surface area (Å²) in [6, 6.07) is 1.90. The van der Waals surface area contributed by atoms with Crippen molar-refractivity contribution in [3.05, 3.63) is 33.2 Å². The Morgan fingerprint density at radius 1 is 1.56 bits per heavy atom. The second-order valence-corrected chi connectivity index (χ2v) is 4.66. The maximum Gasteiger partial charge on any atom is 0.253 e. The molecule has 0 aliphatic carbocycles. The molecule has 0 aromatic carbocycles. The molecule has 0 bridgehead atoms. The first-order valence-electron chi connectivity index (χ1n) is 6.16. The van der Waals surface area contributed by atoms with Gasteiger partial charge in [-0.25, -0.2) is 0 Å². The summed E-state index contributed by atoms with van der Waals surface area (Å²) in [7, 11) is 0. The summed E-state index contributed by atoms with van der Waals surface area (Å²) < 4.78 is 5.28. The van der Waals surface area contributed by atoms with Crippen LogP contribution in [0.2, 0.25) is 0 Å². The first-order valence-corrected chi connectivity index (χ1v) is 6.16. The van der Waals surface area contributed by atoms with Crippen molar-refractivity contribution in [1.82, 2.24) is 10.3 Å². The number of pyridine rings is 1. The fourth-order valence-electron chi connectivity index (χ4n) is 2.18. The second kappa shape index (κ2) is 5.35. The van der Waals surface area contributed by atoms with E-state index in [9.17, 15) is 9.59 Å². The molecule has 2 N–H and O–H groups in total. The molecule has 1 fully saturated rings. The van der Waals surface area contributed by atoms with Gasteiger partial charge in [-0.3, -0.25) is 9.59 Å². The third-order valence-corrected chi connectivity index (χ3v) is 3.16. The molecule has 2 rings (SSSR count). The van der Waals surface area contributed by atoms with Crippen LogP contribution in [0, 0.1) is 13.8 Å². The van der Waals surface area contributed by atoms with Crippen molar-refractivity contribution in [2.45, 2.75) is 39.3 Å². The summed E-state index contributed by atoms with van der Waals surface area (Å²) in [5.74, 6) is -0.133. The molecule has 0 saturated carbocycles. The Bertz CT molecular complexity index is 501. The van der Waals surface area contributed by atoms with Gasteiger partial charge in [0.25, 0.3) is 5.56 Å². The lowest BCUT2D eigenvalue weighted by molar-refractivity contribution is -0.130. The molecule has 5 heteroatoms. The number of ether oxygens (including phenoxy) is 1. The van der Waals surface area contributed by atoms with Crippen molar-refractivity contribution in [2.24, 2.45) is 0 Å². The Balaban J connectivity index is 2.02. The molecule has 0 spiro atoms. The molecule has 2 heterocycles. The molecule has 5 nitrogen and oxygen atoms in total. The Kier molecular flexibility index (Phi) is 3.81. The maximum absolute atomic E-state index is 11.8. The third kappa shape index (κ3) is 2.79. The predicted octanol–water partition coefficient (Wildman–Crippen LogP) is 0.787. The number of aromatic amines is 1. The van der Waals surface area contributed by atoms with Gasteiger partial charge in [0.1, 0.15) is 6.10 Å². The largest absolute Gasteiger partial charge is 0.368 e. The number of nitrogens with one attached hydrogen (secondary N) is 2. The van der Waals surface area contributed by atoms with E-state index in [0.29, 0.717) is 12.2 Å². The summed E-state index contributed by atoms with van der Waals surface area (Å²) in [5.41, 5.74) is 2.18. The van der Waals surface area contributed by atoms with Gasteiger partial charge in [0.05, 0.1) is 0 Å². The monoisotopic (exact) mass is 250 g/mol. The van der Waals surface area contributed by atoms with Gasteiger partial charge in [-0.15, -0.1) is 0 Å². The average molecular weight is 250 g/mol. The van der Waals surface area contributed by atoms with E-state index in [2.05, 4.69) is 10.3 Å². The molecule has 0 radical (unpaired) electrons. The SMILES string of the molecule is Cc1cc(C)c(CNC(=O)C2CCCO2)c(=O)[nH]1. The van der Waals surface area contributed by atoms with Crippen LogP contribution in [-0.2, 0) is 16.1 Å². The van der Waals surface area contributed by atoms with Crippen LogP contribution >= 0.6 is 0 Å². The predicted molar refractivity (Wildman–Crippen MR) is 67.4 cm³/mol. The van der Waals surface area contributed by atoms with E-state index < -0.39 is 0 Å². The van der Waals surface area contributed by atoms with Gasteiger partial charge in [0.15, 0.2) is 0 Å². The van der Waals surface area contributed by atoms with Crippen LogP contribution in [0.5, 0.6) is 0 Å². The molecule has 1 atom stereocenters. The number of aryl methyl sites for hydroxylation is 2. The van der Waals surface area contributed by atoms with Gasteiger partial charge in [0, 0.05) is 24.4 Å². The summed E-state index contributed by atoms with van der Waals surface area (Å²) in [6.45, 7) is 4.60. The average Bonchev–Trinajstić information content (AvgIpc) is 2.80. The van der Waals surface area contributed by atoms with Gasteiger partial charge < -0.3 is 15.0 Å². The molecular formula is C13H18N2O3. The van der Waals surface area contributed by atoms with Gasteiger partial charge in [-0.05, 0) is 38.3 Å². The fourth-order valence-corrected chi connectivity index (χ4v) is 2.18. The van der Waals surface area contributed by atoms with E-state index in [1.807, 2.05) is 19.9 Å². The van der Waals surface area contributed by atoms with Crippen LogP contribution in [0.1, 0.15) is 29.7 Å². The zero-order valence-corrected chi connectivity index (χ0v) is 10.7. The Morgan fingerprint density at radius 2 is 2.33 bits per heavy atom. The van der Waals surface area contributed by atoms with E-state index in [4.69, 9.17) is 4.74 Å². The van der Waals surface area contributed by atoms with E-state index >= 15 is 0 Å². The molecule has 1 saturated heterocycles. The van der Waals surface area contributed by atoms with Gasteiger partial charge in [0.2, 0.25) is 5.91 Å². The second-order valence-electron chi connectivity index (χ2n) is 4.66. The van der Waals surface area contributed by atoms with Crippen LogP contribution in [0.15, 0.2) is 10.9 Å². The van der Waals surface area contributed by atoms with E-state index in [1.165, 1.54) is 0 Å². The van der Waals surface area contributed by atoms with Crippen LogP contribution < -0.4 is 10.9 Å². The molecular weight excluding hydrogens is 232 g/mol. The number of H-pyrrole nitrogens is 1. The summed E-state index contributed by atoms with van der Waals surface area (Å²) in [5, 5.41) is 2.76. The first kappa shape index (κ1) is 12.8. The highest BCUT2D eigenvalue weighted by atomic mass is 16.5. The smallest absolute Gasteiger partial charge is 0.253 e. The number of amides is 1. The normalized spacial score (nSPS) is 18.9. The van der Waals surface area contributed by atoms with Crippen molar-refractivity contribution in [3.63, 3.8) is 0 Å². The lowest BCUT2D eigenvalue weighted by Gasteiger charge is -2.11. The van der Waals surface area contributed by atoms with Crippen molar-refractivity contribution >= 4 is 5.91 Å². The van der Waals surface area contributed by atoms with Crippen LogP contribution in [0.4, 0.5) is 0 Å². The minimum absolute atomic E-state index is 0.133. The van der Waals surface area contributed by atoms with Crippen LogP contribution in [0.3, 0.4) is 0 Å². The van der Waals surface area contributed by atoms with Crippen molar-refractivity contribution < 1.29 is 9.53 Å². The maximum atomic E-state index is 11.8. The highest BCUT2D eigenvalue weighted by Gasteiger charge is 2.23. The first-order chi connectivity index (χ1) is 8.58. The quantitative estimate of drug-likeness (QED) is 0.833. The minimum Gasteiger partial charge on any atom is -0.368 e. The van der Waals surface area contributed by atoms with Crippen molar-refractivity contribution in [2.75, 3.05) is 6.61 Å². The molecule has 1 amide bonds. The molecule has 1 aliphatic rings. The number of carbonyl (C=O) groups excluding carboxylic acids is 1. The van der Waals surface area contributed by atoms with Crippen molar-refractivity contribution in [3.8, 4) is 0 Å². The highest BCUT2D eigenvalue weighted by molar-refractivity contribution is 5.80. The topological polar surface area (TPSA) is 71.2 Å². The zero-order chi connectivity index (χ0) is 13.1. The lowest BCUT2D eigenvalue weighted by Crippen LogP contribution is -2.35. The highest BCUT2D eigenvalue weighted by Crippen LogP contribution is 2.12. The Morgan fingerprint density at radius 3 is 2.94 bits per heavy atom. The number of aromatic nitrogens is 1. The van der Waals surface area contributed by atoms with E-state index in [1.54, 1.807) is 0 Å². The molecule has 1 aromatic heterocycles. The van der Waals surface area contributed by atoms with Gasteiger partial charge in [-0.2, -0.15) is 0 Å². The van der Waals surface area contributed by atoms with E-state index in [-0.39, 0.29) is 24.1 Å². The number of hydrogen-bond acceptors (Lipinski definition) is 3. The molecule has 98 valence electrons. The fraction of sp³-hybridized carbons (Fsp3) is 0.538. The van der Waals surface area contributed by atoms with Gasteiger partial charge >= 0.3 is 0 Å². The van der Waals surface area contributed by atoms with Crippen LogP contribution in [0.25, 0.3) is 0 Å². The van der Waals surface area contributed by atoms with E-state index in [0.717, 1.165) is 24.1 Å². The summed E-state index contributed by atoms with van der Waals surface area (Å²) >= 11 is 0. The summed E-state index contributed by atoms with van der Waals surface area (Å²) in [4.78, 5) is 26.3. The molecule has 18 heavy (non-hydrogen) atoms. The standard InChI is InChI=1S/C13H18N2O3/c1-8-6-9(2)15-12(16)10(8)7-14-13(17)11-4-3-5-18-11/h6,11H,3-5,7H2,1-2H3,(H,14,17)(H,15,16). The zero-order valence-electron chi connectivity index (χ0n) is 10.7. The minimum atomic E-state index is -0.352. The number of hydrogen-bond donors (Lipinski definition) is 2. The van der Waals surface area contributed by atoms with Crippen molar-refractivity contribution in [1.29, 1.82) is 0 Å². The van der Waals surface area contributed by atoms with Crippen LogP contribution in [-0.4, -0.2) is 23.6 Å². The van der Waals surface area contributed by atoms with Gasteiger partial charge in [-0.1, -0.05) is 0 Å². The third-order valence-electron chi connectivity index (χ3n) is 3.16. The Labute approximate surface area is 106 Å². The summed E-state index contributed by atoms with van der Waals surface area (Å²) in [6.07, 6.45) is 1.33. The molecule has 1 aromatic rings. The number of rotatable bonds is 3. The molecule has 1 unspecified atom stereocenters. The lowest BCUT2D eigenvalue weighted by atomic mass is 10.1.